The topological polar surface area (TPSA) is 37.3 Å². The average molecular weight is 166 g/mol. The van der Waals surface area contributed by atoms with Gasteiger partial charge in [-0.25, -0.2) is 0 Å². The van der Waals surface area contributed by atoms with E-state index in [1.54, 1.807) is 6.92 Å². The maximum atomic E-state index is 9.93. The Bertz CT molecular complexity index is 72.8. The van der Waals surface area contributed by atoms with Crippen molar-refractivity contribution in [3.05, 3.63) is 0 Å². The molecular formula is C5H10CuO2. The van der Waals surface area contributed by atoms with E-state index in [0.717, 1.165) is 6.42 Å². The number of carboxylic acids is 1. The van der Waals surface area contributed by atoms with Crippen molar-refractivity contribution in [2.24, 2.45) is 5.92 Å². The summed E-state index contributed by atoms with van der Waals surface area (Å²) in [7, 11) is 0. The second-order valence-corrected chi connectivity index (χ2v) is 1.65. The maximum absolute atomic E-state index is 9.93. The van der Waals surface area contributed by atoms with Gasteiger partial charge in [0.1, 0.15) is 0 Å². The molecule has 1 atom stereocenters. The van der Waals surface area contributed by atoms with Crippen LogP contribution in [0.4, 0.5) is 0 Å². The van der Waals surface area contributed by atoms with Crippen molar-refractivity contribution in [3.63, 3.8) is 0 Å². The first kappa shape index (κ1) is 10.9. The minimum absolute atomic E-state index is 0. The molecule has 0 aliphatic carbocycles. The predicted octanol–water partition coefficient (Wildman–Crippen LogP) is 1.11. The monoisotopic (exact) mass is 165 g/mol. The average Bonchev–Trinajstić information content (AvgIpc) is 1.65. The Hall–Kier alpha value is -0.0105. The standard InChI is InChI=1S/C5H10O2.Cu/c1-3-4(2)5(6)7;/h4H,3H2,1-2H3,(H,6,7);. The summed E-state index contributed by atoms with van der Waals surface area (Å²) >= 11 is 0. The van der Waals surface area contributed by atoms with Gasteiger partial charge in [0, 0.05) is 17.1 Å². The van der Waals surface area contributed by atoms with E-state index in [9.17, 15) is 4.79 Å². The van der Waals surface area contributed by atoms with E-state index in [-0.39, 0.29) is 23.0 Å². The Morgan fingerprint density at radius 2 is 2.12 bits per heavy atom. The Kier molecular flexibility index (Phi) is 6.98. The van der Waals surface area contributed by atoms with E-state index in [1.807, 2.05) is 6.92 Å². The Morgan fingerprint density at radius 3 is 2.12 bits per heavy atom. The first-order chi connectivity index (χ1) is 3.18. The molecule has 53 valence electrons. The van der Waals surface area contributed by atoms with Crippen LogP contribution in [0, 0.1) is 5.92 Å². The minimum Gasteiger partial charge on any atom is -0.481 e. The zero-order valence-electron chi connectivity index (χ0n) is 4.94. The van der Waals surface area contributed by atoms with Crippen molar-refractivity contribution in [1.29, 1.82) is 0 Å². The summed E-state index contributed by atoms with van der Waals surface area (Å²) in [6.45, 7) is 3.56. The van der Waals surface area contributed by atoms with Crippen molar-refractivity contribution in [2.75, 3.05) is 0 Å². The molecule has 0 saturated heterocycles. The molecule has 1 radical (unpaired) electrons. The minimum atomic E-state index is -0.706. The molecule has 0 fully saturated rings. The quantitative estimate of drug-likeness (QED) is 0.623. The molecule has 0 aromatic heterocycles. The molecule has 2 nitrogen and oxygen atoms in total. The van der Waals surface area contributed by atoms with E-state index in [0.29, 0.717) is 0 Å². The fourth-order valence-corrected chi connectivity index (χ4v) is 0.175. The SMILES string of the molecule is CCC(C)C(=O)O.[Cu]. The Morgan fingerprint density at radius 1 is 1.75 bits per heavy atom. The van der Waals surface area contributed by atoms with Gasteiger partial charge in [0.15, 0.2) is 0 Å². The molecule has 1 unspecified atom stereocenters. The zero-order valence-corrected chi connectivity index (χ0v) is 5.88. The Labute approximate surface area is 59.8 Å². The van der Waals surface area contributed by atoms with E-state index in [1.165, 1.54) is 0 Å². The molecule has 0 heterocycles. The molecule has 0 aromatic rings. The van der Waals surface area contributed by atoms with Crippen molar-refractivity contribution >= 4 is 5.97 Å². The molecule has 0 aliphatic heterocycles. The van der Waals surface area contributed by atoms with Gasteiger partial charge >= 0.3 is 5.97 Å². The van der Waals surface area contributed by atoms with Crippen molar-refractivity contribution < 1.29 is 27.0 Å². The largest absolute Gasteiger partial charge is 0.481 e. The van der Waals surface area contributed by atoms with Gasteiger partial charge in [-0.1, -0.05) is 13.8 Å². The van der Waals surface area contributed by atoms with Crippen LogP contribution in [0.3, 0.4) is 0 Å². The number of aliphatic carboxylic acids is 1. The van der Waals surface area contributed by atoms with Crippen LogP contribution in [0.1, 0.15) is 20.3 Å². The van der Waals surface area contributed by atoms with E-state index in [2.05, 4.69) is 0 Å². The maximum Gasteiger partial charge on any atom is 0.306 e. The van der Waals surface area contributed by atoms with Crippen LogP contribution in [0.2, 0.25) is 0 Å². The van der Waals surface area contributed by atoms with Gasteiger partial charge in [-0.3, -0.25) is 4.79 Å². The fourth-order valence-electron chi connectivity index (χ4n) is 0.175. The first-order valence-electron chi connectivity index (χ1n) is 2.41. The third kappa shape index (κ3) is 4.16. The molecule has 3 heteroatoms. The van der Waals surface area contributed by atoms with Gasteiger partial charge in [-0.2, -0.15) is 0 Å². The zero-order chi connectivity index (χ0) is 5.86. The third-order valence-corrected chi connectivity index (χ3v) is 1.03. The molecule has 0 bridgehead atoms. The van der Waals surface area contributed by atoms with Crippen molar-refractivity contribution in [1.82, 2.24) is 0 Å². The van der Waals surface area contributed by atoms with Gasteiger partial charge in [-0.05, 0) is 6.42 Å². The number of hydrogen-bond acceptors (Lipinski definition) is 1. The Balaban J connectivity index is 0. The second-order valence-electron chi connectivity index (χ2n) is 1.65. The van der Waals surface area contributed by atoms with E-state index < -0.39 is 5.97 Å². The smallest absolute Gasteiger partial charge is 0.306 e. The second kappa shape index (κ2) is 5.13. The predicted molar refractivity (Wildman–Crippen MR) is 27.1 cm³/mol. The molecule has 8 heavy (non-hydrogen) atoms. The summed E-state index contributed by atoms with van der Waals surface area (Å²) in [5.41, 5.74) is 0. The number of carboxylic acid groups (broad SMARTS) is 1. The molecule has 0 rings (SSSR count). The molecule has 1 N–H and O–H groups in total. The van der Waals surface area contributed by atoms with Crippen LogP contribution in [-0.4, -0.2) is 11.1 Å². The summed E-state index contributed by atoms with van der Waals surface area (Å²) in [5.74, 6) is -0.887. The summed E-state index contributed by atoms with van der Waals surface area (Å²) in [6, 6.07) is 0. The normalized spacial score (nSPS) is 11.8. The third-order valence-electron chi connectivity index (χ3n) is 1.03. The molecule has 0 aliphatic rings. The summed E-state index contributed by atoms with van der Waals surface area (Å²) < 4.78 is 0. The van der Waals surface area contributed by atoms with Gasteiger partial charge in [-0.15, -0.1) is 0 Å². The van der Waals surface area contributed by atoms with Crippen molar-refractivity contribution in [2.45, 2.75) is 20.3 Å². The number of rotatable bonds is 2. The van der Waals surface area contributed by atoms with Crippen LogP contribution in [0.15, 0.2) is 0 Å². The van der Waals surface area contributed by atoms with Crippen molar-refractivity contribution in [3.8, 4) is 0 Å². The van der Waals surface area contributed by atoms with E-state index in [4.69, 9.17) is 5.11 Å². The first-order valence-corrected chi connectivity index (χ1v) is 2.41. The molecule has 0 saturated carbocycles. The molecule has 0 spiro atoms. The number of hydrogen-bond donors (Lipinski definition) is 1. The van der Waals surface area contributed by atoms with Gasteiger partial charge < -0.3 is 5.11 Å². The van der Waals surface area contributed by atoms with Crippen LogP contribution in [-0.2, 0) is 21.9 Å². The molecular weight excluding hydrogens is 156 g/mol. The summed E-state index contributed by atoms with van der Waals surface area (Å²) in [5, 5.41) is 8.18. The molecule has 0 amide bonds. The van der Waals surface area contributed by atoms with E-state index >= 15 is 0 Å². The fraction of sp³-hybridized carbons (Fsp3) is 0.800. The molecule has 0 aromatic carbocycles. The van der Waals surface area contributed by atoms with Crippen LogP contribution in [0.5, 0.6) is 0 Å². The van der Waals surface area contributed by atoms with Gasteiger partial charge in [0.2, 0.25) is 0 Å². The summed E-state index contributed by atoms with van der Waals surface area (Å²) in [6.07, 6.45) is 0.718. The summed E-state index contributed by atoms with van der Waals surface area (Å²) in [4.78, 5) is 9.93. The van der Waals surface area contributed by atoms with Gasteiger partial charge in [0.25, 0.3) is 0 Å². The van der Waals surface area contributed by atoms with Crippen LogP contribution < -0.4 is 0 Å². The van der Waals surface area contributed by atoms with Gasteiger partial charge in [0.05, 0.1) is 5.92 Å². The van der Waals surface area contributed by atoms with Crippen LogP contribution >= 0.6 is 0 Å². The van der Waals surface area contributed by atoms with Crippen LogP contribution in [0.25, 0.3) is 0 Å². The number of carbonyl (C=O) groups is 1.